The summed E-state index contributed by atoms with van der Waals surface area (Å²) in [5.41, 5.74) is 1.95. The Morgan fingerprint density at radius 1 is 1.35 bits per heavy atom. The van der Waals surface area contributed by atoms with Crippen molar-refractivity contribution in [3.8, 4) is 0 Å². The molecule has 20 heavy (non-hydrogen) atoms. The Hall–Kier alpha value is -1.45. The third-order valence-electron chi connectivity index (χ3n) is 3.48. The maximum Gasteiger partial charge on any atom is 0.153 e. The number of fused-ring (bicyclic) bond motifs is 1. The van der Waals surface area contributed by atoms with Crippen LogP contribution in [0.25, 0.3) is 11.0 Å². The molecule has 3 rings (SSSR count). The fraction of sp³-hybridized carbons (Fsp3) is 0.267. The summed E-state index contributed by atoms with van der Waals surface area (Å²) in [5, 5.41) is 2.46. The summed E-state index contributed by atoms with van der Waals surface area (Å²) < 4.78 is 5.77. The first-order valence-electron chi connectivity index (χ1n) is 6.44. The normalized spacial score (nSPS) is 14.9. The van der Waals surface area contributed by atoms with E-state index in [0.717, 1.165) is 34.9 Å². The van der Waals surface area contributed by atoms with Gasteiger partial charge >= 0.3 is 0 Å². The summed E-state index contributed by atoms with van der Waals surface area (Å²) in [7, 11) is 0. The van der Waals surface area contributed by atoms with Crippen molar-refractivity contribution in [1.29, 1.82) is 0 Å². The second-order valence-corrected chi connectivity index (χ2v) is 5.52. The molecule has 104 valence electrons. The molecule has 0 aliphatic carbocycles. The molecule has 5 heteroatoms. The van der Waals surface area contributed by atoms with Gasteiger partial charge in [0.2, 0.25) is 0 Å². The van der Waals surface area contributed by atoms with Crippen LogP contribution in [0.15, 0.2) is 38.8 Å². The molecular formula is C15H14Cl2N2O. The first kappa shape index (κ1) is 13.5. The van der Waals surface area contributed by atoms with Crippen LogP contribution in [-0.4, -0.2) is 24.3 Å². The topological polar surface area (TPSA) is 28.7 Å². The van der Waals surface area contributed by atoms with Crippen molar-refractivity contribution in [2.75, 3.05) is 13.2 Å². The maximum absolute atomic E-state index is 6.16. The number of benzene rings is 1. The average Bonchev–Trinajstić information content (AvgIpc) is 2.76. The Balaban J connectivity index is 1.85. The van der Waals surface area contributed by atoms with E-state index in [-0.39, 0.29) is 0 Å². The Kier molecular flexibility index (Phi) is 3.72. The molecule has 1 aliphatic rings. The molecule has 0 bridgehead atoms. The summed E-state index contributed by atoms with van der Waals surface area (Å²) >= 11 is 12.3. The van der Waals surface area contributed by atoms with Gasteiger partial charge in [0.1, 0.15) is 17.6 Å². The van der Waals surface area contributed by atoms with Gasteiger partial charge in [0.25, 0.3) is 0 Å². The van der Waals surface area contributed by atoms with E-state index in [1.807, 2.05) is 36.1 Å². The van der Waals surface area contributed by atoms with Gasteiger partial charge in [-0.2, -0.15) is 0 Å². The minimum absolute atomic E-state index is 0.602. The minimum atomic E-state index is 0.602. The summed E-state index contributed by atoms with van der Waals surface area (Å²) in [4.78, 5) is 6.24. The number of rotatable bonds is 3. The lowest BCUT2D eigenvalue weighted by Crippen LogP contribution is -2.25. The third-order valence-corrected chi connectivity index (χ3v) is 4.14. The van der Waals surface area contributed by atoms with Gasteiger partial charge in [-0.25, -0.2) is 0 Å². The van der Waals surface area contributed by atoms with Crippen molar-refractivity contribution in [3.05, 3.63) is 45.8 Å². The van der Waals surface area contributed by atoms with E-state index >= 15 is 0 Å². The monoisotopic (exact) mass is 308 g/mol. The molecule has 3 nitrogen and oxygen atoms in total. The summed E-state index contributed by atoms with van der Waals surface area (Å²) in [6.45, 7) is 3.37. The second-order valence-electron chi connectivity index (χ2n) is 4.73. The largest absolute Gasteiger partial charge is 0.460 e. The standard InChI is InChI=1S/C15H14Cl2N2O/c1-10-11(6-8-19-9-18-7-5-14(19)17)12-3-2-4-13(16)15(12)20-10/h2-5,7H,6,8-9H2,1H3. The first-order chi connectivity index (χ1) is 9.66. The number of nitrogens with zero attached hydrogens (tertiary/aromatic N) is 2. The molecule has 0 saturated carbocycles. The molecule has 2 heterocycles. The van der Waals surface area contributed by atoms with E-state index in [2.05, 4.69) is 4.99 Å². The molecule has 1 aromatic carbocycles. The van der Waals surface area contributed by atoms with Crippen LogP contribution in [0.2, 0.25) is 5.02 Å². The highest BCUT2D eigenvalue weighted by atomic mass is 35.5. The van der Waals surface area contributed by atoms with Gasteiger partial charge in [-0.1, -0.05) is 35.3 Å². The molecular weight excluding hydrogens is 295 g/mol. The minimum Gasteiger partial charge on any atom is -0.460 e. The number of allylic oxidation sites excluding steroid dienone is 1. The number of furan rings is 1. The van der Waals surface area contributed by atoms with Crippen LogP contribution in [0.4, 0.5) is 0 Å². The fourth-order valence-electron chi connectivity index (χ4n) is 2.42. The van der Waals surface area contributed by atoms with Crippen LogP contribution >= 0.6 is 23.2 Å². The van der Waals surface area contributed by atoms with Gasteiger partial charge in [0.15, 0.2) is 5.58 Å². The number of hydrogen-bond acceptors (Lipinski definition) is 3. The SMILES string of the molecule is Cc1oc2c(Cl)cccc2c1CCN1CN=CC=C1Cl. The lowest BCUT2D eigenvalue weighted by Gasteiger charge is -2.23. The van der Waals surface area contributed by atoms with Crippen LogP contribution in [0.5, 0.6) is 0 Å². The third kappa shape index (κ3) is 2.43. The highest BCUT2D eigenvalue weighted by Crippen LogP contribution is 2.31. The van der Waals surface area contributed by atoms with Gasteiger partial charge in [0.05, 0.1) is 5.02 Å². The summed E-state index contributed by atoms with van der Waals surface area (Å²) in [5.74, 6) is 0.911. The van der Waals surface area contributed by atoms with Crippen molar-refractivity contribution in [1.82, 2.24) is 4.90 Å². The van der Waals surface area contributed by atoms with Gasteiger partial charge in [0, 0.05) is 23.7 Å². The molecule has 0 unspecified atom stereocenters. The van der Waals surface area contributed by atoms with Crippen molar-refractivity contribution in [2.24, 2.45) is 4.99 Å². The van der Waals surface area contributed by atoms with Gasteiger partial charge in [-0.15, -0.1) is 0 Å². The first-order valence-corrected chi connectivity index (χ1v) is 7.19. The van der Waals surface area contributed by atoms with Gasteiger partial charge < -0.3 is 9.32 Å². The Bertz CT molecular complexity index is 703. The molecule has 2 aromatic rings. The lowest BCUT2D eigenvalue weighted by atomic mass is 10.1. The van der Waals surface area contributed by atoms with Crippen LogP contribution in [0.3, 0.4) is 0 Å². The van der Waals surface area contributed by atoms with Crippen molar-refractivity contribution in [3.63, 3.8) is 0 Å². The zero-order valence-electron chi connectivity index (χ0n) is 11.1. The molecule has 0 amide bonds. The molecule has 1 aliphatic heterocycles. The predicted octanol–water partition coefficient (Wildman–Crippen LogP) is 4.36. The molecule has 0 spiro atoms. The van der Waals surface area contributed by atoms with Crippen molar-refractivity contribution >= 4 is 40.4 Å². The van der Waals surface area contributed by atoms with Crippen molar-refractivity contribution in [2.45, 2.75) is 13.3 Å². The molecule has 0 fully saturated rings. The Morgan fingerprint density at radius 3 is 3.00 bits per heavy atom. The molecule has 0 atom stereocenters. The van der Waals surface area contributed by atoms with E-state index in [1.54, 1.807) is 6.21 Å². The van der Waals surface area contributed by atoms with Crippen molar-refractivity contribution < 1.29 is 4.42 Å². The highest BCUT2D eigenvalue weighted by Gasteiger charge is 2.15. The van der Waals surface area contributed by atoms with E-state index < -0.39 is 0 Å². The average molecular weight is 309 g/mol. The smallest absolute Gasteiger partial charge is 0.153 e. The van der Waals surface area contributed by atoms with Gasteiger partial charge in [-0.05, 0) is 25.5 Å². The number of para-hydroxylation sites is 1. The fourth-order valence-corrected chi connectivity index (χ4v) is 2.83. The summed E-state index contributed by atoms with van der Waals surface area (Å²) in [6, 6.07) is 5.83. The van der Waals surface area contributed by atoms with Gasteiger partial charge in [-0.3, -0.25) is 4.99 Å². The Labute approximate surface area is 127 Å². The number of halogens is 2. The maximum atomic E-state index is 6.16. The number of aryl methyl sites for hydroxylation is 1. The zero-order valence-corrected chi connectivity index (χ0v) is 12.6. The van der Waals surface area contributed by atoms with Crippen LogP contribution in [0.1, 0.15) is 11.3 Å². The quantitative estimate of drug-likeness (QED) is 0.788. The lowest BCUT2D eigenvalue weighted by molar-refractivity contribution is 0.378. The summed E-state index contributed by atoms with van der Waals surface area (Å²) in [6.07, 6.45) is 4.39. The van der Waals surface area contributed by atoms with Crippen LogP contribution < -0.4 is 0 Å². The molecule has 0 N–H and O–H groups in total. The van der Waals surface area contributed by atoms with E-state index in [0.29, 0.717) is 11.7 Å². The number of aliphatic imine (C=N–C) groups is 1. The molecule has 0 saturated heterocycles. The highest BCUT2D eigenvalue weighted by molar-refractivity contribution is 6.34. The van der Waals surface area contributed by atoms with E-state index in [4.69, 9.17) is 27.6 Å². The van der Waals surface area contributed by atoms with E-state index in [1.165, 1.54) is 5.56 Å². The molecule has 0 radical (unpaired) electrons. The molecule has 1 aromatic heterocycles. The van der Waals surface area contributed by atoms with Crippen LogP contribution in [0, 0.1) is 6.92 Å². The van der Waals surface area contributed by atoms with E-state index in [9.17, 15) is 0 Å². The Morgan fingerprint density at radius 2 is 2.20 bits per heavy atom. The second kappa shape index (κ2) is 5.51. The zero-order chi connectivity index (χ0) is 14.1. The predicted molar refractivity (Wildman–Crippen MR) is 83.7 cm³/mol. The van der Waals surface area contributed by atoms with Crippen LogP contribution in [-0.2, 0) is 6.42 Å². The number of hydrogen-bond donors (Lipinski definition) is 0.